The number of benzene rings is 1. The minimum atomic E-state index is -0.882. The first kappa shape index (κ1) is 13.2. The molecule has 2 aromatic rings. The molecular weight excluding hydrogens is 240 g/mol. The quantitative estimate of drug-likeness (QED) is 0.913. The van der Waals surface area contributed by atoms with Gasteiger partial charge in [-0.3, -0.25) is 4.79 Å². The number of aryl methyl sites for hydroxylation is 1. The summed E-state index contributed by atoms with van der Waals surface area (Å²) in [6.45, 7) is 3.68. The van der Waals surface area contributed by atoms with Crippen molar-refractivity contribution in [2.24, 2.45) is 0 Å². The Balaban J connectivity index is 2.48. The molecule has 1 heterocycles. The smallest absolute Gasteiger partial charge is 0.314 e. The van der Waals surface area contributed by atoms with E-state index in [1.54, 1.807) is 0 Å². The van der Waals surface area contributed by atoms with Crippen LogP contribution in [0.1, 0.15) is 30.8 Å². The summed E-state index contributed by atoms with van der Waals surface area (Å²) in [6.07, 6.45) is 0.479. The molecule has 0 aliphatic carbocycles. The van der Waals surface area contributed by atoms with E-state index in [2.05, 4.69) is 9.97 Å². The monoisotopic (exact) mass is 256 g/mol. The fraction of sp³-hybridized carbons (Fsp3) is 0.267. The molecule has 1 N–H and O–H groups in total. The van der Waals surface area contributed by atoms with Gasteiger partial charge in [0, 0.05) is 11.3 Å². The molecule has 0 aliphatic heterocycles. The van der Waals surface area contributed by atoms with Crippen LogP contribution in [-0.4, -0.2) is 21.0 Å². The highest BCUT2D eigenvalue weighted by Crippen LogP contribution is 2.22. The molecular formula is C15H16N2O2. The number of hydrogen-bond donors (Lipinski definition) is 1. The van der Waals surface area contributed by atoms with Crippen LogP contribution in [0.5, 0.6) is 0 Å². The molecule has 0 radical (unpaired) electrons. The van der Waals surface area contributed by atoms with Crippen molar-refractivity contribution in [3.63, 3.8) is 0 Å². The first-order valence-electron chi connectivity index (χ1n) is 6.25. The van der Waals surface area contributed by atoms with Crippen molar-refractivity contribution in [2.75, 3.05) is 0 Å². The van der Waals surface area contributed by atoms with E-state index in [1.807, 2.05) is 50.2 Å². The summed E-state index contributed by atoms with van der Waals surface area (Å²) in [6, 6.07) is 11.6. The molecule has 0 saturated carbocycles. The molecule has 0 bridgehead atoms. The number of carboxylic acids is 1. The molecule has 98 valence electrons. The number of hydrogen-bond acceptors (Lipinski definition) is 3. The van der Waals surface area contributed by atoms with Gasteiger partial charge >= 0.3 is 5.97 Å². The van der Waals surface area contributed by atoms with Crippen molar-refractivity contribution in [3.8, 4) is 11.3 Å². The Hall–Kier alpha value is -2.23. The zero-order valence-electron chi connectivity index (χ0n) is 11.0. The first-order chi connectivity index (χ1) is 9.11. The minimum Gasteiger partial charge on any atom is -0.481 e. The molecule has 0 fully saturated rings. The Morgan fingerprint density at radius 1 is 1.26 bits per heavy atom. The molecule has 1 unspecified atom stereocenters. The number of carboxylic acid groups (broad SMARTS) is 1. The Bertz CT molecular complexity index is 582. The minimum absolute atomic E-state index is 0.383. The van der Waals surface area contributed by atoms with Gasteiger partial charge in [-0.05, 0) is 19.4 Å². The third-order valence-corrected chi connectivity index (χ3v) is 2.96. The van der Waals surface area contributed by atoms with Gasteiger partial charge in [-0.25, -0.2) is 9.97 Å². The van der Waals surface area contributed by atoms with E-state index in [0.717, 1.165) is 17.0 Å². The maximum Gasteiger partial charge on any atom is 0.314 e. The van der Waals surface area contributed by atoms with Crippen molar-refractivity contribution < 1.29 is 9.90 Å². The molecule has 1 aromatic heterocycles. The highest BCUT2D eigenvalue weighted by Gasteiger charge is 2.21. The third-order valence-electron chi connectivity index (χ3n) is 2.96. The van der Waals surface area contributed by atoms with Crippen LogP contribution in [0.4, 0.5) is 0 Å². The number of rotatable bonds is 4. The summed E-state index contributed by atoms with van der Waals surface area (Å²) in [5.41, 5.74) is 2.51. The van der Waals surface area contributed by atoms with E-state index in [4.69, 9.17) is 0 Å². The largest absolute Gasteiger partial charge is 0.481 e. The number of nitrogens with zero attached hydrogens (tertiary/aromatic N) is 2. The van der Waals surface area contributed by atoms with Gasteiger partial charge in [0.05, 0.1) is 5.69 Å². The van der Waals surface area contributed by atoms with E-state index in [0.29, 0.717) is 12.2 Å². The van der Waals surface area contributed by atoms with Gasteiger partial charge in [0.25, 0.3) is 0 Å². The highest BCUT2D eigenvalue weighted by molar-refractivity contribution is 5.75. The number of aromatic nitrogens is 2. The first-order valence-corrected chi connectivity index (χ1v) is 6.25. The molecule has 1 atom stereocenters. The second-order valence-corrected chi connectivity index (χ2v) is 4.42. The number of carbonyl (C=O) groups is 1. The Labute approximate surface area is 112 Å². The second kappa shape index (κ2) is 5.61. The molecule has 4 heteroatoms. The van der Waals surface area contributed by atoms with Crippen LogP contribution in [0.15, 0.2) is 36.4 Å². The van der Waals surface area contributed by atoms with Crippen LogP contribution in [0.2, 0.25) is 0 Å². The SMILES string of the molecule is CCC(C(=O)O)c1nc(C)cc(-c2ccccc2)n1. The van der Waals surface area contributed by atoms with Crippen molar-refractivity contribution in [3.05, 3.63) is 47.9 Å². The van der Waals surface area contributed by atoms with Crippen LogP contribution in [-0.2, 0) is 4.79 Å². The van der Waals surface area contributed by atoms with Gasteiger partial charge in [-0.1, -0.05) is 37.3 Å². The lowest BCUT2D eigenvalue weighted by Gasteiger charge is -2.11. The Kier molecular flexibility index (Phi) is 3.90. The normalized spacial score (nSPS) is 12.1. The molecule has 1 aromatic carbocycles. The molecule has 2 rings (SSSR count). The summed E-state index contributed by atoms with van der Waals surface area (Å²) in [7, 11) is 0. The molecule has 19 heavy (non-hydrogen) atoms. The fourth-order valence-corrected chi connectivity index (χ4v) is 1.97. The van der Waals surface area contributed by atoms with Gasteiger partial charge in [0.2, 0.25) is 0 Å². The van der Waals surface area contributed by atoms with E-state index in [9.17, 15) is 9.90 Å². The summed E-state index contributed by atoms with van der Waals surface area (Å²) < 4.78 is 0. The summed E-state index contributed by atoms with van der Waals surface area (Å²) in [4.78, 5) is 19.9. The lowest BCUT2D eigenvalue weighted by molar-refractivity contribution is -0.139. The summed E-state index contributed by atoms with van der Waals surface area (Å²) in [5, 5.41) is 9.20. The van der Waals surface area contributed by atoms with Crippen molar-refractivity contribution in [2.45, 2.75) is 26.2 Å². The predicted molar refractivity (Wildman–Crippen MR) is 72.9 cm³/mol. The third kappa shape index (κ3) is 2.96. The lowest BCUT2D eigenvalue weighted by atomic mass is 10.1. The topological polar surface area (TPSA) is 63.1 Å². The van der Waals surface area contributed by atoms with Gasteiger partial charge in [-0.15, -0.1) is 0 Å². The van der Waals surface area contributed by atoms with Crippen LogP contribution in [0.25, 0.3) is 11.3 Å². The van der Waals surface area contributed by atoms with Crippen molar-refractivity contribution in [1.82, 2.24) is 9.97 Å². The zero-order chi connectivity index (χ0) is 13.8. The van der Waals surface area contributed by atoms with Crippen LogP contribution in [0, 0.1) is 6.92 Å². The van der Waals surface area contributed by atoms with Gasteiger partial charge in [0.1, 0.15) is 11.7 Å². The highest BCUT2D eigenvalue weighted by atomic mass is 16.4. The van der Waals surface area contributed by atoms with Gasteiger partial charge < -0.3 is 5.11 Å². The fourth-order valence-electron chi connectivity index (χ4n) is 1.97. The predicted octanol–water partition coefficient (Wildman–Crippen LogP) is 3.03. The molecule has 0 amide bonds. The van der Waals surface area contributed by atoms with Crippen molar-refractivity contribution in [1.29, 1.82) is 0 Å². The average molecular weight is 256 g/mol. The molecule has 0 aliphatic rings. The lowest BCUT2D eigenvalue weighted by Crippen LogP contribution is -2.15. The average Bonchev–Trinajstić information content (AvgIpc) is 2.39. The maximum atomic E-state index is 11.2. The van der Waals surface area contributed by atoms with Crippen molar-refractivity contribution >= 4 is 5.97 Å². The van der Waals surface area contributed by atoms with E-state index in [-0.39, 0.29) is 0 Å². The van der Waals surface area contributed by atoms with E-state index in [1.165, 1.54) is 0 Å². The summed E-state index contributed by atoms with van der Waals surface area (Å²) in [5.74, 6) is -1.15. The van der Waals surface area contributed by atoms with Crippen LogP contribution >= 0.6 is 0 Å². The standard InChI is InChI=1S/C15H16N2O2/c1-3-12(15(18)19)14-16-10(2)9-13(17-14)11-7-5-4-6-8-11/h4-9,12H,3H2,1-2H3,(H,18,19). The van der Waals surface area contributed by atoms with Crippen LogP contribution in [0.3, 0.4) is 0 Å². The van der Waals surface area contributed by atoms with Gasteiger partial charge in [-0.2, -0.15) is 0 Å². The Morgan fingerprint density at radius 2 is 1.95 bits per heavy atom. The van der Waals surface area contributed by atoms with E-state index >= 15 is 0 Å². The maximum absolute atomic E-state index is 11.2. The summed E-state index contributed by atoms with van der Waals surface area (Å²) >= 11 is 0. The molecule has 0 spiro atoms. The van der Waals surface area contributed by atoms with Gasteiger partial charge in [0.15, 0.2) is 0 Å². The Morgan fingerprint density at radius 3 is 2.53 bits per heavy atom. The second-order valence-electron chi connectivity index (χ2n) is 4.42. The van der Waals surface area contributed by atoms with Crippen LogP contribution < -0.4 is 0 Å². The molecule has 4 nitrogen and oxygen atoms in total. The number of aliphatic carboxylic acids is 1. The molecule has 0 saturated heterocycles. The zero-order valence-corrected chi connectivity index (χ0v) is 11.0. The van der Waals surface area contributed by atoms with E-state index < -0.39 is 11.9 Å².